The fourth-order valence-electron chi connectivity index (χ4n) is 3.67. The van der Waals surface area contributed by atoms with E-state index in [0.29, 0.717) is 26.2 Å². The van der Waals surface area contributed by atoms with Gasteiger partial charge in [-0.3, -0.25) is 9.78 Å². The van der Waals surface area contributed by atoms with E-state index in [1.54, 1.807) is 0 Å². The smallest absolute Gasteiger partial charge is 0.248 e. The van der Waals surface area contributed by atoms with Gasteiger partial charge < -0.3 is 15.0 Å². The highest BCUT2D eigenvalue weighted by Gasteiger charge is 2.19. The maximum atomic E-state index is 11.9. The first-order valence-corrected chi connectivity index (χ1v) is 9.91. The third-order valence-electron chi connectivity index (χ3n) is 5.30. The first-order valence-electron chi connectivity index (χ1n) is 9.91. The fraction of sp³-hybridized carbons (Fsp3) is 0.364. The Kier molecular flexibility index (Phi) is 5.67. The lowest BCUT2D eigenvalue weighted by Gasteiger charge is -2.26. The minimum absolute atomic E-state index is 0.0332. The Morgan fingerprint density at radius 2 is 2.03 bits per heavy atom. The maximum absolute atomic E-state index is 11.9. The summed E-state index contributed by atoms with van der Waals surface area (Å²) < 4.78 is 5.18. The molecule has 0 aliphatic carbocycles. The number of carbonyl (C=O) groups is 1. The van der Waals surface area contributed by atoms with Crippen LogP contribution in [0, 0.1) is 6.92 Å². The summed E-state index contributed by atoms with van der Waals surface area (Å²) in [7, 11) is 0. The fourth-order valence-corrected chi connectivity index (χ4v) is 3.67. The molecule has 1 N–H and O–H groups in total. The van der Waals surface area contributed by atoms with Crippen LogP contribution in [0.2, 0.25) is 0 Å². The van der Waals surface area contributed by atoms with Crippen molar-refractivity contribution >= 4 is 22.5 Å². The minimum Gasteiger partial charge on any atom is -0.370 e. The van der Waals surface area contributed by atoms with Crippen molar-refractivity contribution in [2.24, 2.45) is 0 Å². The van der Waals surface area contributed by atoms with Gasteiger partial charge in [-0.05, 0) is 24.6 Å². The second-order valence-corrected chi connectivity index (χ2v) is 7.29. The van der Waals surface area contributed by atoms with Gasteiger partial charge in [-0.2, -0.15) is 5.10 Å². The molecule has 0 bridgehead atoms. The van der Waals surface area contributed by atoms with Crippen molar-refractivity contribution in [3.8, 4) is 0 Å². The Morgan fingerprint density at radius 1 is 1.21 bits per heavy atom. The summed E-state index contributed by atoms with van der Waals surface area (Å²) in [6, 6.07) is 12.3. The van der Waals surface area contributed by atoms with Crippen molar-refractivity contribution in [3.63, 3.8) is 0 Å². The predicted molar refractivity (Wildman–Crippen MR) is 112 cm³/mol. The second kappa shape index (κ2) is 8.53. The molecule has 1 unspecified atom stereocenters. The van der Waals surface area contributed by atoms with Crippen molar-refractivity contribution in [3.05, 3.63) is 59.5 Å². The van der Waals surface area contributed by atoms with Gasteiger partial charge in [-0.1, -0.05) is 31.2 Å². The Hall–Kier alpha value is -3.06. The standard InChI is InChI=1S/C22H25N5O2/c1-15-13-17(7-8-23-15)16(2)21-18-5-3-4-6-19(18)22(26-25-21)24-9-10-27-11-12-29-14-20(27)28/h3-8,13,16H,9-12,14H2,1-2H3,(H,24,26). The zero-order valence-corrected chi connectivity index (χ0v) is 16.8. The third kappa shape index (κ3) is 4.19. The lowest BCUT2D eigenvalue weighted by Crippen LogP contribution is -2.43. The molecule has 7 heteroatoms. The van der Waals surface area contributed by atoms with Gasteiger partial charge in [-0.15, -0.1) is 5.10 Å². The number of nitrogens with zero attached hydrogens (tertiary/aromatic N) is 4. The van der Waals surface area contributed by atoms with E-state index in [4.69, 9.17) is 4.74 Å². The van der Waals surface area contributed by atoms with Crippen LogP contribution in [-0.2, 0) is 9.53 Å². The van der Waals surface area contributed by atoms with E-state index in [9.17, 15) is 4.79 Å². The van der Waals surface area contributed by atoms with Crippen molar-refractivity contribution in [1.29, 1.82) is 0 Å². The highest BCUT2D eigenvalue weighted by molar-refractivity contribution is 5.93. The average molecular weight is 391 g/mol. The molecule has 3 heterocycles. The Morgan fingerprint density at radius 3 is 2.83 bits per heavy atom. The highest BCUT2D eigenvalue weighted by atomic mass is 16.5. The summed E-state index contributed by atoms with van der Waals surface area (Å²) >= 11 is 0. The number of carbonyl (C=O) groups excluding carboxylic acids is 1. The van der Waals surface area contributed by atoms with E-state index in [1.807, 2.05) is 36.2 Å². The zero-order chi connectivity index (χ0) is 20.2. The largest absolute Gasteiger partial charge is 0.370 e. The van der Waals surface area contributed by atoms with Crippen LogP contribution in [0.15, 0.2) is 42.6 Å². The van der Waals surface area contributed by atoms with Gasteiger partial charge in [-0.25, -0.2) is 0 Å². The Bertz CT molecular complexity index is 1020. The van der Waals surface area contributed by atoms with Crippen LogP contribution in [0.5, 0.6) is 0 Å². The number of anilines is 1. The minimum atomic E-state index is 0.0332. The quantitative estimate of drug-likeness (QED) is 0.696. The summed E-state index contributed by atoms with van der Waals surface area (Å²) in [5.41, 5.74) is 3.10. The molecule has 0 radical (unpaired) electrons. The number of amides is 1. The number of benzene rings is 1. The Labute approximate surface area is 170 Å². The van der Waals surface area contributed by atoms with Gasteiger partial charge >= 0.3 is 0 Å². The molecule has 29 heavy (non-hydrogen) atoms. The van der Waals surface area contributed by atoms with Crippen LogP contribution in [0.3, 0.4) is 0 Å². The molecule has 150 valence electrons. The first-order chi connectivity index (χ1) is 14.1. The number of rotatable bonds is 6. The molecule has 1 aliphatic heterocycles. The number of aromatic nitrogens is 3. The number of aryl methyl sites for hydroxylation is 1. The second-order valence-electron chi connectivity index (χ2n) is 7.29. The number of morpholine rings is 1. The summed E-state index contributed by atoms with van der Waals surface area (Å²) in [5, 5.41) is 14.5. The van der Waals surface area contributed by atoms with Crippen molar-refractivity contribution in [2.75, 3.05) is 38.2 Å². The Balaban J connectivity index is 1.56. The van der Waals surface area contributed by atoms with Gasteiger partial charge in [0.15, 0.2) is 5.82 Å². The molecule has 1 amide bonds. The average Bonchev–Trinajstić information content (AvgIpc) is 2.74. The van der Waals surface area contributed by atoms with Crippen LogP contribution in [0.1, 0.15) is 29.8 Å². The molecule has 3 aromatic rings. The molecule has 0 saturated carbocycles. The predicted octanol–water partition coefficient (Wildman–Crippen LogP) is 2.76. The van der Waals surface area contributed by atoms with E-state index in [2.05, 4.69) is 45.6 Å². The van der Waals surface area contributed by atoms with Gasteiger partial charge in [0.05, 0.1) is 12.3 Å². The van der Waals surface area contributed by atoms with Crippen LogP contribution in [0.25, 0.3) is 10.8 Å². The SMILES string of the molecule is Cc1cc(C(C)c2nnc(NCCN3CCOCC3=O)c3ccccc23)ccn1. The lowest BCUT2D eigenvalue weighted by molar-refractivity contribution is -0.142. The van der Waals surface area contributed by atoms with Gasteiger partial charge in [0.1, 0.15) is 6.61 Å². The number of fused-ring (bicyclic) bond motifs is 1. The molecule has 0 spiro atoms. The van der Waals surface area contributed by atoms with Crippen LogP contribution in [0.4, 0.5) is 5.82 Å². The van der Waals surface area contributed by atoms with E-state index in [1.165, 1.54) is 5.56 Å². The zero-order valence-electron chi connectivity index (χ0n) is 16.8. The summed E-state index contributed by atoms with van der Waals surface area (Å²) in [6.07, 6.45) is 1.83. The molecular weight excluding hydrogens is 366 g/mol. The number of nitrogens with one attached hydrogen (secondary N) is 1. The molecule has 7 nitrogen and oxygen atoms in total. The number of ether oxygens (including phenoxy) is 1. The van der Waals surface area contributed by atoms with Crippen LogP contribution < -0.4 is 5.32 Å². The molecule has 1 aromatic carbocycles. The van der Waals surface area contributed by atoms with E-state index >= 15 is 0 Å². The number of hydrogen-bond donors (Lipinski definition) is 1. The molecule has 1 saturated heterocycles. The van der Waals surface area contributed by atoms with E-state index in [-0.39, 0.29) is 18.4 Å². The first kappa shape index (κ1) is 19.3. The summed E-state index contributed by atoms with van der Waals surface area (Å²) in [5.74, 6) is 0.878. The summed E-state index contributed by atoms with van der Waals surface area (Å²) in [4.78, 5) is 18.0. The molecule has 1 aliphatic rings. The van der Waals surface area contributed by atoms with Gasteiger partial charge in [0, 0.05) is 48.2 Å². The summed E-state index contributed by atoms with van der Waals surface area (Å²) in [6.45, 7) is 6.76. The third-order valence-corrected chi connectivity index (χ3v) is 5.30. The van der Waals surface area contributed by atoms with Gasteiger partial charge in [0.25, 0.3) is 0 Å². The number of pyridine rings is 1. The molecule has 2 aromatic heterocycles. The van der Waals surface area contributed by atoms with Crippen molar-refractivity contribution in [1.82, 2.24) is 20.1 Å². The molecule has 4 rings (SSSR count). The monoisotopic (exact) mass is 391 g/mol. The van der Waals surface area contributed by atoms with Crippen molar-refractivity contribution < 1.29 is 9.53 Å². The van der Waals surface area contributed by atoms with Crippen molar-refractivity contribution in [2.45, 2.75) is 19.8 Å². The topological polar surface area (TPSA) is 80.2 Å². The maximum Gasteiger partial charge on any atom is 0.248 e. The van der Waals surface area contributed by atoms with E-state index in [0.717, 1.165) is 28.0 Å². The van der Waals surface area contributed by atoms with Crippen LogP contribution >= 0.6 is 0 Å². The van der Waals surface area contributed by atoms with Gasteiger partial charge in [0.2, 0.25) is 5.91 Å². The lowest BCUT2D eigenvalue weighted by atomic mass is 9.94. The normalized spacial score (nSPS) is 15.5. The number of hydrogen-bond acceptors (Lipinski definition) is 6. The molecular formula is C22H25N5O2. The molecule has 1 atom stereocenters. The molecule has 1 fully saturated rings. The highest BCUT2D eigenvalue weighted by Crippen LogP contribution is 2.31. The van der Waals surface area contributed by atoms with Crippen LogP contribution in [-0.4, -0.2) is 58.8 Å². The van der Waals surface area contributed by atoms with E-state index < -0.39 is 0 Å².